The first-order chi connectivity index (χ1) is 5.65. The number of ether oxygens (including phenoxy) is 1. The monoisotopic (exact) mass is 166 g/mol. The Morgan fingerprint density at radius 1 is 1.25 bits per heavy atom. The maximum absolute atomic E-state index is 5.63. The Labute approximate surface area is 72.3 Å². The molecule has 66 valence electrons. The molecule has 1 unspecified atom stereocenters. The first kappa shape index (κ1) is 8.87. The van der Waals surface area contributed by atoms with E-state index in [1.807, 2.05) is 19.1 Å². The van der Waals surface area contributed by atoms with E-state index in [0.29, 0.717) is 11.4 Å². The van der Waals surface area contributed by atoms with Crippen LogP contribution < -0.4 is 11.5 Å². The highest BCUT2D eigenvalue weighted by molar-refractivity contribution is 5.64. The minimum absolute atomic E-state index is 0.0629. The molecule has 3 nitrogen and oxygen atoms in total. The lowest BCUT2D eigenvalue weighted by Gasteiger charge is -2.10. The van der Waals surface area contributed by atoms with Gasteiger partial charge in [-0.1, -0.05) is 6.07 Å². The van der Waals surface area contributed by atoms with Gasteiger partial charge in [0, 0.05) is 7.11 Å². The topological polar surface area (TPSA) is 61.3 Å². The lowest BCUT2D eigenvalue weighted by Crippen LogP contribution is -1.99. The van der Waals surface area contributed by atoms with Crippen molar-refractivity contribution in [2.24, 2.45) is 0 Å². The molecule has 0 fully saturated rings. The molecule has 12 heavy (non-hydrogen) atoms. The predicted molar refractivity (Wildman–Crippen MR) is 50.7 cm³/mol. The first-order valence-corrected chi connectivity index (χ1v) is 3.83. The van der Waals surface area contributed by atoms with Crippen molar-refractivity contribution in [1.29, 1.82) is 0 Å². The Kier molecular flexibility index (Phi) is 2.55. The van der Waals surface area contributed by atoms with Crippen LogP contribution in [0, 0.1) is 0 Å². The third-order valence-corrected chi connectivity index (χ3v) is 1.93. The van der Waals surface area contributed by atoms with E-state index in [1.165, 1.54) is 0 Å². The van der Waals surface area contributed by atoms with Crippen molar-refractivity contribution in [1.82, 2.24) is 0 Å². The van der Waals surface area contributed by atoms with Gasteiger partial charge in [-0.05, 0) is 24.6 Å². The Morgan fingerprint density at radius 3 is 2.42 bits per heavy atom. The van der Waals surface area contributed by atoms with Gasteiger partial charge < -0.3 is 16.2 Å². The van der Waals surface area contributed by atoms with E-state index in [1.54, 1.807) is 13.2 Å². The summed E-state index contributed by atoms with van der Waals surface area (Å²) >= 11 is 0. The summed E-state index contributed by atoms with van der Waals surface area (Å²) in [6, 6.07) is 5.55. The summed E-state index contributed by atoms with van der Waals surface area (Å²) < 4.78 is 5.13. The largest absolute Gasteiger partial charge is 0.397 e. The highest BCUT2D eigenvalue weighted by atomic mass is 16.5. The minimum atomic E-state index is 0.0629. The van der Waals surface area contributed by atoms with Crippen LogP contribution in [0.25, 0.3) is 0 Å². The number of benzene rings is 1. The third kappa shape index (κ3) is 1.68. The average molecular weight is 166 g/mol. The maximum Gasteiger partial charge on any atom is 0.0793 e. The van der Waals surface area contributed by atoms with E-state index in [9.17, 15) is 0 Å². The smallest absolute Gasteiger partial charge is 0.0793 e. The second-order valence-corrected chi connectivity index (χ2v) is 2.77. The van der Waals surface area contributed by atoms with E-state index < -0.39 is 0 Å². The predicted octanol–water partition coefficient (Wildman–Crippen LogP) is 1.56. The molecule has 0 saturated heterocycles. The number of nitrogens with two attached hydrogens (primary N) is 2. The van der Waals surface area contributed by atoms with Crippen LogP contribution in [-0.4, -0.2) is 7.11 Å². The lowest BCUT2D eigenvalue weighted by molar-refractivity contribution is 0.119. The molecule has 1 aromatic carbocycles. The molecule has 0 saturated carbocycles. The van der Waals surface area contributed by atoms with Crippen LogP contribution in [0.2, 0.25) is 0 Å². The van der Waals surface area contributed by atoms with Gasteiger partial charge in [-0.3, -0.25) is 0 Å². The molecule has 0 aliphatic rings. The van der Waals surface area contributed by atoms with Crippen LogP contribution in [0.1, 0.15) is 18.6 Å². The SMILES string of the molecule is COC(C)c1ccc(N)c(N)c1. The molecular formula is C9H14N2O. The quantitative estimate of drug-likeness (QED) is 0.655. The molecule has 0 bridgehead atoms. The summed E-state index contributed by atoms with van der Waals surface area (Å²) in [5.41, 5.74) is 13.5. The highest BCUT2D eigenvalue weighted by Gasteiger charge is 2.04. The van der Waals surface area contributed by atoms with Crippen molar-refractivity contribution < 1.29 is 4.74 Å². The minimum Gasteiger partial charge on any atom is -0.397 e. The van der Waals surface area contributed by atoms with Crippen molar-refractivity contribution in [3.05, 3.63) is 23.8 Å². The Morgan fingerprint density at radius 2 is 1.92 bits per heavy atom. The average Bonchev–Trinajstić information content (AvgIpc) is 2.08. The van der Waals surface area contributed by atoms with Crippen LogP contribution in [0.4, 0.5) is 11.4 Å². The van der Waals surface area contributed by atoms with Gasteiger partial charge in [0.2, 0.25) is 0 Å². The number of methoxy groups -OCH3 is 1. The molecule has 4 N–H and O–H groups in total. The van der Waals surface area contributed by atoms with Gasteiger partial charge in [0.05, 0.1) is 17.5 Å². The molecule has 0 aliphatic carbocycles. The summed E-state index contributed by atoms with van der Waals surface area (Å²) in [6.45, 7) is 1.96. The number of rotatable bonds is 2. The lowest BCUT2D eigenvalue weighted by atomic mass is 10.1. The zero-order chi connectivity index (χ0) is 9.14. The summed E-state index contributed by atoms with van der Waals surface area (Å²) in [4.78, 5) is 0. The fourth-order valence-electron chi connectivity index (χ4n) is 0.982. The molecule has 0 aromatic heterocycles. The summed E-state index contributed by atoms with van der Waals surface area (Å²) in [7, 11) is 1.66. The molecule has 1 rings (SSSR count). The fourth-order valence-corrected chi connectivity index (χ4v) is 0.982. The van der Waals surface area contributed by atoms with Crippen molar-refractivity contribution in [3.63, 3.8) is 0 Å². The Balaban J connectivity index is 2.96. The normalized spacial score (nSPS) is 12.8. The van der Waals surface area contributed by atoms with E-state index in [4.69, 9.17) is 16.2 Å². The van der Waals surface area contributed by atoms with Crippen LogP contribution in [0.3, 0.4) is 0 Å². The summed E-state index contributed by atoms with van der Waals surface area (Å²) in [6.07, 6.45) is 0.0629. The molecule has 0 radical (unpaired) electrons. The molecular weight excluding hydrogens is 152 g/mol. The summed E-state index contributed by atoms with van der Waals surface area (Å²) in [5, 5.41) is 0. The molecule has 1 atom stereocenters. The van der Waals surface area contributed by atoms with E-state index >= 15 is 0 Å². The zero-order valence-corrected chi connectivity index (χ0v) is 7.37. The molecule has 0 heterocycles. The van der Waals surface area contributed by atoms with Crippen molar-refractivity contribution >= 4 is 11.4 Å². The molecule has 0 aliphatic heterocycles. The zero-order valence-electron chi connectivity index (χ0n) is 7.37. The van der Waals surface area contributed by atoms with Gasteiger partial charge in [-0.25, -0.2) is 0 Å². The molecule has 0 amide bonds. The van der Waals surface area contributed by atoms with Crippen LogP contribution in [0.5, 0.6) is 0 Å². The van der Waals surface area contributed by atoms with E-state index in [-0.39, 0.29) is 6.10 Å². The maximum atomic E-state index is 5.63. The van der Waals surface area contributed by atoms with Crippen LogP contribution in [-0.2, 0) is 4.74 Å². The van der Waals surface area contributed by atoms with E-state index in [0.717, 1.165) is 5.56 Å². The standard InChI is InChI=1S/C9H14N2O/c1-6(12-2)7-3-4-8(10)9(11)5-7/h3-6H,10-11H2,1-2H3. The molecule has 1 aromatic rings. The van der Waals surface area contributed by atoms with Crippen molar-refractivity contribution in [2.45, 2.75) is 13.0 Å². The molecule has 0 spiro atoms. The summed E-state index contributed by atoms with van der Waals surface area (Å²) in [5.74, 6) is 0. The number of hydrogen-bond donors (Lipinski definition) is 2. The van der Waals surface area contributed by atoms with Gasteiger partial charge in [0.25, 0.3) is 0 Å². The van der Waals surface area contributed by atoms with Crippen molar-refractivity contribution in [3.8, 4) is 0 Å². The van der Waals surface area contributed by atoms with Gasteiger partial charge in [-0.2, -0.15) is 0 Å². The van der Waals surface area contributed by atoms with Gasteiger partial charge in [-0.15, -0.1) is 0 Å². The Bertz CT molecular complexity index is 273. The Hall–Kier alpha value is -1.22. The van der Waals surface area contributed by atoms with Crippen molar-refractivity contribution in [2.75, 3.05) is 18.6 Å². The van der Waals surface area contributed by atoms with E-state index in [2.05, 4.69) is 0 Å². The number of hydrogen-bond acceptors (Lipinski definition) is 3. The second-order valence-electron chi connectivity index (χ2n) is 2.77. The first-order valence-electron chi connectivity index (χ1n) is 3.83. The third-order valence-electron chi connectivity index (χ3n) is 1.93. The van der Waals surface area contributed by atoms with Crippen LogP contribution >= 0.6 is 0 Å². The molecule has 3 heteroatoms. The van der Waals surface area contributed by atoms with Gasteiger partial charge in [0.1, 0.15) is 0 Å². The van der Waals surface area contributed by atoms with Crippen LogP contribution in [0.15, 0.2) is 18.2 Å². The number of nitrogen functional groups attached to an aromatic ring is 2. The van der Waals surface area contributed by atoms with Gasteiger partial charge >= 0.3 is 0 Å². The highest BCUT2D eigenvalue weighted by Crippen LogP contribution is 2.22. The second kappa shape index (κ2) is 3.45. The fraction of sp³-hybridized carbons (Fsp3) is 0.333. The van der Waals surface area contributed by atoms with Gasteiger partial charge in [0.15, 0.2) is 0 Å². The number of anilines is 2.